The molecule has 0 fully saturated rings. The SMILES string of the molecule is CCOC(=O)CC1C(=O)N(Sc2ccc(OC)cc2)C=CC1c1ccc(OC)cc1. The van der Waals surface area contributed by atoms with Crippen LogP contribution in [0.1, 0.15) is 24.8 Å². The van der Waals surface area contributed by atoms with Gasteiger partial charge in [-0.2, -0.15) is 0 Å². The van der Waals surface area contributed by atoms with E-state index in [9.17, 15) is 9.59 Å². The van der Waals surface area contributed by atoms with E-state index in [1.54, 1.807) is 31.6 Å². The van der Waals surface area contributed by atoms with Gasteiger partial charge in [0, 0.05) is 17.0 Å². The van der Waals surface area contributed by atoms with E-state index in [2.05, 4.69) is 0 Å². The molecule has 6 nitrogen and oxygen atoms in total. The summed E-state index contributed by atoms with van der Waals surface area (Å²) in [5.74, 6) is 0.211. The van der Waals surface area contributed by atoms with Crippen LogP contribution >= 0.6 is 11.9 Å². The van der Waals surface area contributed by atoms with Crippen molar-refractivity contribution in [1.29, 1.82) is 0 Å². The van der Waals surface area contributed by atoms with Gasteiger partial charge in [-0.05, 0) is 60.8 Å². The maximum absolute atomic E-state index is 13.3. The van der Waals surface area contributed by atoms with Gasteiger partial charge >= 0.3 is 5.97 Å². The molecular weight excluding hydrogens is 402 g/mol. The first-order valence-electron chi connectivity index (χ1n) is 9.68. The van der Waals surface area contributed by atoms with Crippen LogP contribution < -0.4 is 9.47 Å². The van der Waals surface area contributed by atoms with E-state index in [4.69, 9.17) is 14.2 Å². The Hall–Kier alpha value is -2.93. The van der Waals surface area contributed by atoms with Crippen LogP contribution in [0.4, 0.5) is 0 Å². The van der Waals surface area contributed by atoms with Gasteiger partial charge in [0.25, 0.3) is 0 Å². The third kappa shape index (κ3) is 5.16. The minimum atomic E-state index is -0.548. The highest BCUT2D eigenvalue weighted by molar-refractivity contribution is 7.97. The lowest BCUT2D eigenvalue weighted by molar-refractivity contribution is -0.147. The van der Waals surface area contributed by atoms with E-state index in [0.29, 0.717) is 0 Å². The molecule has 0 aromatic heterocycles. The topological polar surface area (TPSA) is 65.1 Å². The Morgan fingerprint density at radius 2 is 1.60 bits per heavy atom. The van der Waals surface area contributed by atoms with Gasteiger partial charge in [0.05, 0.1) is 33.2 Å². The molecule has 30 heavy (non-hydrogen) atoms. The fourth-order valence-electron chi connectivity index (χ4n) is 3.30. The van der Waals surface area contributed by atoms with E-state index in [-0.39, 0.29) is 30.8 Å². The van der Waals surface area contributed by atoms with Crippen molar-refractivity contribution in [2.75, 3.05) is 20.8 Å². The number of methoxy groups -OCH3 is 2. The lowest BCUT2D eigenvalue weighted by Gasteiger charge is -2.32. The molecule has 2 atom stereocenters. The van der Waals surface area contributed by atoms with Crippen LogP contribution in [0.2, 0.25) is 0 Å². The van der Waals surface area contributed by atoms with Crippen molar-refractivity contribution in [2.45, 2.75) is 24.2 Å². The standard InChI is InChI=1S/C23H25NO5S/c1-4-29-22(25)15-21-20(16-5-7-17(27-2)8-6-16)13-14-24(23(21)26)30-19-11-9-18(28-3)10-12-19/h5-14,20-21H,4,15H2,1-3H3. The summed E-state index contributed by atoms with van der Waals surface area (Å²) in [5.41, 5.74) is 0.948. The fourth-order valence-corrected chi connectivity index (χ4v) is 4.15. The molecule has 2 unspecified atom stereocenters. The van der Waals surface area contributed by atoms with E-state index in [0.717, 1.165) is 22.0 Å². The van der Waals surface area contributed by atoms with Crippen molar-refractivity contribution in [2.24, 2.45) is 5.92 Å². The van der Waals surface area contributed by atoms with Gasteiger partial charge in [0.15, 0.2) is 0 Å². The van der Waals surface area contributed by atoms with Crippen LogP contribution in [0.15, 0.2) is 65.7 Å². The number of carbonyl (C=O) groups excluding carboxylic acids is 2. The maximum Gasteiger partial charge on any atom is 0.306 e. The molecule has 1 heterocycles. The normalized spacial score (nSPS) is 18.2. The Kier molecular flexibility index (Phi) is 7.41. The second kappa shape index (κ2) is 10.2. The molecule has 0 N–H and O–H groups in total. The lowest BCUT2D eigenvalue weighted by Crippen LogP contribution is -2.36. The minimum absolute atomic E-state index is 0.0212. The van der Waals surface area contributed by atoms with E-state index in [1.165, 1.54) is 11.9 Å². The molecule has 0 saturated heterocycles. The second-order valence-electron chi connectivity index (χ2n) is 6.69. The molecule has 0 saturated carbocycles. The number of benzene rings is 2. The fraction of sp³-hybridized carbons (Fsp3) is 0.304. The summed E-state index contributed by atoms with van der Waals surface area (Å²) in [6.45, 7) is 2.04. The molecule has 2 aromatic rings. The van der Waals surface area contributed by atoms with Gasteiger partial charge in [-0.3, -0.25) is 13.9 Å². The second-order valence-corrected chi connectivity index (χ2v) is 7.73. The van der Waals surface area contributed by atoms with Crippen molar-refractivity contribution in [3.8, 4) is 11.5 Å². The molecule has 0 bridgehead atoms. The van der Waals surface area contributed by atoms with Crippen LogP contribution in [-0.2, 0) is 14.3 Å². The number of nitrogens with zero attached hydrogens (tertiary/aromatic N) is 1. The van der Waals surface area contributed by atoms with Crippen molar-refractivity contribution in [3.05, 3.63) is 66.4 Å². The Morgan fingerprint density at radius 3 is 2.17 bits per heavy atom. The molecule has 2 aromatic carbocycles. The Balaban J connectivity index is 1.85. The van der Waals surface area contributed by atoms with Crippen molar-refractivity contribution in [3.63, 3.8) is 0 Å². The summed E-state index contributed by atoms with van der Waals surface area (Å²) in [6.07, 6.45) is 3.75. The Morgan fingerprint density at radius 1 is 1.00 bits per heavy atom. The van der Waals surface area contributed by atoms with E-state index >= 15 is 0 Å². The molecule has 0 radical (unpaired) electrons. The summed E-state index contributed by atoms with van der Waals surface area (Å²) in [5, 5.41) is 0. The maximum atomic E-state index is 13.3. The summed E-state index contributed by atoms with van der Waals surface area (Å²) in [7, 11) is 3.22. The van der Waals surface area contributed by atoms with Gasteiger partial charge in [-0.1, -0.05) is 18.2 Å². The van der Waals surface area contributed by atoms with Crippen molar-refractivity contribution >= 4 is 23.8 Å². The van der Waals surface area contributed by atoms with Gasteiger partial charge in [-0.25, -0.2) is 0 Å². The van der Waals surface area contributed by atoms with Gasteiger partial charge in [-0.15, -0.1) is 0 Å². The smallest absolute Gasteiger partial charge is 0.306 e. The number of ether oxygens (including phenoxy) is 3. The Labute approximate surface area is 180 Å². The third-order valence-corrected chi connectivity index (χ3v) is 5.83. The molecule has 0 spiro atoms. The third-order valence-electron chi connectivity index (χ3n) is 4.85. The predicted molar refractivity (Wildman–Crippen MR) is 115 cm³/mol. The number of esters is 1. The highest BCUT2D eigenvalue weighted by atomic mass is 32.2. The monoisotopic (exact) mass is 427 g/mol. The average molecular weight is 428 g/mol. The van der Waals surface area contributed by atoms with Crippen molar-refractivity contribution < 1.29 is 23.8 Å². The van der Waals surface area contributed by atoms with Crippen LogP contribution in [0.25, 0.3) is 0 Å². The number of rotatable bonds is 8. The highest BCUT2D eigenvalue weighted by Gasteiger charge is 2.37. The summed E-state index contributed by atoms with van der Waals surface area (Å²) < 4.78 is 17.1. The molecular formula is C23H25NO5S. The van der Waals surface area contributed by atoms with Gasteiger partial charge in [0.1, 0.15) is 11.5 Å². The lowest BCUT2D eigenvalue weighted by atomic mass is 9.81. The molecule has 1 amide bonds. The van der Waals surface area contributed by atoms with Crippen LogP contribution in [0.5, 0.6) is 11.5 Å². The zero-order valence-corrected chi connectivity index (χ0v) is 18.1. The Bertz CT molecular complexity index is 895. The summed E-state index contributed by atoms with van der Waals surface area (Å²) in [4.78, 5) is 26.4. The molecule has 3 rings (SSSR count). The van der Waals surface area contributed by atoms with Crippen LogP contribution in [-0.4, -0.2) is 37.0 Å². The largest absolute Gasteiger partial charge is 0.497 e. The molecule has 158 valence electrons. The van der Waals surface area contributed by atoms with Gasteiger partial charge < -0.3 is 14.2 Å². The first-order valence-corrected chi connectivity index (χ1v) is 10.5. The van der Waals surface area contributed by atoms with Gasteiger partial charge in [0.2, 0.25) is 5.91 Å². The number of allylic oxidation sites excluding steroid dienone is 1. The predicted octanol–water partition coefficient (Wildman–Crippen LogP) is 4.42. The average Bonchev–Trinajstić information content (AvgIpc) is 2.77. The summed E-state index contributed by atoms with van der Waals surface area (Å²) >= 11 is 1.31. The first kappa shape index (κ1) is 21.8. The van der Waals surface area contributed by atoms with E-state index in [1.807, 2.05) is 54.6 Å². The number of amides is 1. The molecule has 1 aliphatic heterocycles. The number of hydrogen-bond acceptors (Lipinski definition) is 6. The quantitative estimate of drug-likeness (QED) is 0.459. The molecule has 0 aliphatic carbocycles. The summed E-state index contributed by atoms with van der Waals surface area (Å²) in [6, 6.07) is 15.0. The highest BCUT2D eigenvalue weighted by Crippen LogP contribution is 2.38. The molecule has 1 aliphatic rings. The van der Waals surface area contributed by atoms with Crippen LogP contribution in [0.3, 0.4) is 0 Å². The van der Waals surface area contributed by atoms with Crippen LogP contribution in [0, 0.1) is 5.92 Å². The zero-order chi connectivity index (χ0) is 21.5. The number of carbonyl (C=O) groups is 2. The minimum Gasteiger partial charge on any atom is -0.497 e. The number of hydrogen-bond donors (Lipinski definition) is 0. The molecule has 7 heteroatoms. The zero-order valence-electron chi connectivity index (χ0n) is 17.2. The van der Waals surface area contributed by atoms with Crippen molar-refractivity contribution in [1.82, 2.24) is 4.31 Å². The van der Waals surface area contributed by atoms with E-state index < -0.39 is 5.92 Å². The first-order chi connectivity index (χ1) is 14.5.